The summed E-state index contributed by atoms with van der Waals surface area (Å²) in [5, 5.41) is 12.5. The normalized spacial score (nSPS) is 32.6. The van der Waals surface area contributed by atoms with E-state index < -0.39 is 0 Å². The molecule has 16 heavy (non-hydrogen) atoms. The van der Waals surface area contributed by atoms with E-state index >= 15 is 0 Å². The van der Waals surface area contributed by atoms with Crippen LogP contribution in [0.25, 0.3) is 0 Å². The van der Waals surface area contributed by atoms with Crippen LogP contribution in [0, 0.1) is 20.6 Å². The summed E-state index contributed by atoms with van der Waals surface area (Å²) in [4.78, 5) is 0. The van der Waals surface area contributed by atoms with E-state index in [1.807, 2.05) is 0 Å². The van der Waals surface area contributed by atoms with Crippen LogP contribution in [-0.4, -0.2) is 5.11 Å². The minimum Gasteiger partial charge on any atom is -0.388 e. The van der Waals surface area contributed by atoms with Gasteiger partial charge in [-0.05, 0) is 70.2 Å². The average molecular weight is 350 g/mol. The zero-order chi connectivity index (χ0) is 11.7. The molecule has 4 atom stereocenters. The molecule has 0 spiro atoms. The molecule has 1 aliphatic rings. The molecule has 0 aliphatic heterocycles. The first-order chi connectivity index (χ1) is 7.58. The first-order valence-corrected chi connectivity index (χ1v) is 7.95. The molecular weight excluding hydrogens is 331 g/mol. The number of halogens is 1. The van der Waals surface area contributed by atoms with Gasteiger partial charge in [0.1, 0.15) is 0 Å². The third-order valence-electron chi connectivity index (χ3n) is 4.01. The number of aliphatic hydroxyl groups is 1. The van der Waals surface area contributed by atoms with Crippen molar-refractivity contribution in [3.05, 3.63) is 19.9 Å². The highest BCUT2D eigenvalue weighted by atomic mass is 127. The Labute approximate surface area is 115 Å². The highest BCUT2D eigenvalue weighted by Gasteiger charge is 2.30. The topological polar surface area (TPSA) is 20.2 Å². The van der Waals surface area contributed by atoms with Crippen LogP contribution in [0.2, 0.25) is 0 Å². The molecule has 90 valence electrons. The number of hydrogen-bond donors (Lipinski definition) is 1. The maximum absolute atomic E-state index is 10.4. The Kier molecular flexibility index (Phi) is 4.30. The smallest absolute Gasteiger partial charge is 0.0826 e. The number of aliphatic hydroxyl groups excluding tert-OH is 1. The van der Waals surface area contributed by atoms with Gasteiger partial charge in [-0.1, -0.05) is 20.3 Å². The third-order valence-corrected chi connectivity index (χ3v) is 5.82. The molecule has 0 radical (unpaired) electrons. The van der Waals surface area contributed by atoms with Crippen molar-refractivity contribution in [1.82, 2.24) is 0 Å². The van der Waals surface area contributed by atoms with Crippen molar-refractivity contribution in [2.24, 2.45) is 17.8 Å². The lowest BCUT2D eigenvalue weighted by Crippen LogP contribution is -2.25. The van der Waals surface area contributed by atoms with E-state index in [1.165, 1.54) is 22.1 Å². The van der Waals surface area contributed by atoms with Gasteiger partial charge < -0.3 is 5.11 Å². The number of hydrogen-bond acceptors (Lipinski definition) is 2. The zero-order valence-corrected chi connectivity index (χ0v) is 12.8. The van der Waals surface area contributed by atoms with Crippen LogP contribution in [0.15, 0.2) is 11.4 Å². The Balaban J connectivity index is 2.02. The van der Waals surface area contributed by atoms with Gasteiger partial charge in [-0.2, -0.15) is 0 Å². The van der Waals surface area contributed by atoms with Crippen LogP contribution in [0.5, 0.6) is 0 Å². The summed E-state index contributed by atoms with van der Waals surface area (Å²) >= 11 is 4.04. The lowest BCUT2D eigenvalue weighted by Gasteiger charge is -2.34. The first kappa shape index (κ1) is 12.8. The van der Waals surface area contributed by atoms with E-state index in [4.69, 9.17) is 0 Å². The molecule has 4 unspecified atom stereocenters. The summed E-state index contributed by atoms with van der Waals surface area (Å²) in [6, 6.07) is 2.12. The van der Waals surface area contributed by atoms with Crippen molar-refractivity contribution in [3.8, 4) is 0 Å². The van der Waals surface area contributed by atoms with Gasteiger partial charge in [-0.15, -0.1) is 11.3 Å². The Morgan fingerprint density at radius 1 is 1.38 bits per heavy atom. The fourth-order valence-corrected chi connectivity index (χ4v) is 4.03. The molecule has 1 N–H and O–H groups in total. The predicted octanol–water partition coefficient (Wildman–Crippen LogP) is 4.46. The van der Waals surface area contributed by atoms with Gasteiger partial charge in [0.05, 0.1) is 8.99 Å². The van der Waals surface area contributed by atoms with Crippen molar-refractivity contribution < 1.29 is 5.11 Å². The summed E-state index contributed by atoms with van der Waals surface area (Å²) in [6.07, 6.45) is 3.38. The van der Waals surface area contributed by atoms with Gasteiger partial charge in [0.15, 0.2) is 0 Å². The predicted molar refractivity (Wildman–Crippen MR) is 77.7 cm³/mol. The maximum atomic E-state index is 10.4. The molecule has 1 aliphatic carbocycles. The van der Waals surface area contributed by atoms with Gasteiger partial charge in [-0.3, -0.25) is 0 Å². The molecule has 0 amide bonds. The van der Waals surface area contributed by atoms with E-state index in [1.54, 1.807) is 11.3 Å². The third kappa shape index (κ3) is 2.79. The molecule has 0 aromatic carbocycles. The second-order valence-corrected chi connectivity index (χ2v) is 7.96. The van der Waals surface area contributed by atoms with Gasteiger partial charge in [0.2, 0.25) is 0 Å². The van der Waals surface area contributed by atoms with Crippen LogP contribution >= 0.6 is 33.9 Å². The molecule has 0 saturated heterocycles. The van der Waals surface area contributed by atoms with Gasteiger partial charge in [0.25, 0.3) is 0 Å². The SMILES string of the molecule is CC1CCC(C(O)c2csc(I)c2)CC1C. The second kappa shape index (κ2) is 5.36. The molecule has 1 aromatic rings. The average Bonchev–Trinajstić information content (AvgIpc) is 2.68. The van der Waals surface area contributed by atoms with Crippen molar-refractivity contribution in [3.63, 3.8) is 0 Å². The zero-order valence-electron chi connectivity index (χ0n) is 9.82. The molecule has 1 nitrogen and oxygen atoms in total. The first-order valence-electron chi connectivity index (χ1n) is 6.00. The fraction of sp³-hybridized carbons (Fsp3) is 0.692. The summed E-state index contributed by atoms with van der Waals surface area (Å²) in [7, 11) is 0. The minimum atomic E-state index is -0.241. The lowest BCUT2D eigenvalue weighted by molar-refractivity contribution is 0.0564. The van der Waals surface area contributed by atoms with Crippen LogP contribution in [0.3, 0.4) is 0 Å². The molecule has 0 bridgehead atoms. The standard InChI is InChI=1S/C13H19IOS/c1-8-3-4-10(5-9(8)2)13(15)11-6-12(14)16-7-11/h6-10,13,15H,3-5H2,1-2H3. The van der Waals surface area contributed by atoms with Crippen LogP contribution in [0.1, 0.15) is 44.8 Å². The van der Waals surface area contributed by atoms with Gasteiger partial charge >= 0.3 is 0 Å². The van der Waals surface area contributed by atoms with E-state index in [-0.39, 0.29) is 6.10 Å². The Morgan fingerprint density at radius 3 is 2.69 bits per heavy atom. The minimum absolute atomic E-state index is 0.241. The van der Waals surface area contributed by atoms with E-state index in [2.05, 4.69) is 47.9 Å². The Hall–Kier alpha value is 0.390. The molecule has 2 rings (SSSR count). The van der Waals surface area contributed by atoms with E-state index in [0.717, 1.165) is 17.4 Å². The highest BCUT2D eigenvalue weighted by molar-refractivity contribution is 14.1. The fourth-order valence-electron chi connectivity index (χ4n) is 2.63. The van der Waals surface area contributed by atoms with Gasteiger partial charge in [-0.25, -0.2) is 0 Å². The summed E-state index contributed by atoms with van der Waals surface area (Å²) < 4.78 is 1.27. The van der Waals surface area contributed by atoms with E-state index in [9.17, 15) is 5.11 Å². The number of rotatable bonds is 2. The highest BCUT2D eigenvalue weighted by Crippen LogP contribution is 2.40. The summed E-state index contributed by atoms with van der Waals surface area (Å²) in [5.74, 6) is 2.05. The molecule has 1 fully saturated rings. The van der Waals surface area contributed by atoms with Crippen molar-refractivity contribution in [1.29, 1.82) is 0 Å². The van der Waals surface area contributed by atoms with Crippen LogP contribution in [0.4, 0.5) is 0 Å². The summed E-state index contributed by atoms with van der Waals surface area (Å²) in [5.41, 5.74) is 1.13. The van der Waals surface area contributed by atoms with Crippen molar-refractivity contribution >= 4 is 33.9 Å². The number of thiophene rings is 1. The molecule has 1 heterocycles. The van der Waals surface area contributed by atoms with Gasteiger partial charge in [0, 0.05) is 0 Å². The van der Waals surface area contributed by atoms with Crippen LogP contribution in [-0.2, 0) is 0 Å². The molecule has 1 aromatic heterocycles. The second-order valence-electron chi connectivity index (χ2n) is 5.16. The molecule has 3 heteroatoms. The largest absolute Gasteiger partial charge is 0.388 e. The van der Waals surface area contributed by atoms with Crippen molar-refractivity contribution in [2.75, 3.05) is 0 Å². The molecule has 1 saturated carbocycles. The van der Waals surface area contributed by atoms with Crippen LogP contribution < -0.4 is 0 Å². The Morgan fingerprint density at radius 2 is 2.12 bits per heavy atom. The van der Waals surface area contributed by atoms with E-state index in [0.29, 0.717) is 5.92 Å². The molecular formula is C13H19IOS. The monoisotopic (exact) mass is 350 g/mol. The lowest BCUT2D eigenvalue weighted by atomic mass is 9.73. The Bertz CT molecular complexity index is 349. The maximum Gasteiger partial charge on any atom is 0.0826 e. The summed E-state index contributed by atoms with van der Waals surface area (Å²) in [6.45, 7) is 4.65. The van der Waals surface area contributed by atoms with Crippen molar-refractivity contribution in [2.45, 2.75) is 39.2 Å². The quantitative estimate of drug-likeness (QED) is 0.781.